The molecule has 0 saturated heterocycles. The van der Waals surface area contributed by atoms with E-state index in [-0.39, 0.29) is 0 Å². The highest BCUT2D eigenvalue weighted by atomic mass is 32.2. The van der Waals surface area contributed by atoms with E-state index in [2.05, 4.69) is 0 Å². The topological polar surface area (TPSA) is 74.7 Å². The van der Waals surface area contributed by atoms with Crippen molar-refractivity contribution in [3.63, 3.8) is 0 Å². The summed E-state index contributed by atoms with van der Waals surface area (Å²) < 4.78 is 23.1. The monoisotopic (exact) mass is 243 g/mol. The molecule has 1 rings (SSSR count). The summed E-state index contributed by atoms with van der Waals surface area (Å²) in [4.78, 5) is 10.9. The lowest BCUT2D eigenvalue weighted by atomic mass is 10.1. The van der Waals surface area contributed by atoms with Crippen LogP contribution in [0.4, 0.5) is 4.79 Å². The third-order valence-corrected chi connectivity index (χ3v) is 3.37. The lowest BCUT2D eigenvalue weighted by Gasteiger charge is -2.24. The Bertz CT molecular complexity index is 469. The Labute approximate surface area is 94.4 Å². The molecule has 0 aromatic heterocycles. The smallest absolute Gasteiger partial charge is 0.421 e. The average molecular weight is 243 g/mol. The van der Waals surface area contributed by atoms with Gasteiger partial charge in [-0.15, -0.1) is 0 Å². The fourth-order valence-corrected chi connectivity index (χ4v) is 2.44. The summed E-state index contributed by atoms with van der Waals surface area (Å²) in [5, 5.41) is 8.89. The molecule has 0 spiro atoms. The quantitative estimate of drug-likeness (QED) is 0.876. The van der Waals surface area contributed by atoms with E-state index in [0.717, 1.165) is 6.26 Å². The first kappa shape index (κ1) is 12.5. The van der Waals surface area contributed by atoms with Gasteiger partial charge in [0, 0.05) is 0 Å². The van der Waals surface area contributed by atoms with E-state index in [1.807, 2.05) is 0 Å². The maximum Gasteiger partial charge on any atom is 0.421 e. The minimum absolute atomic E-state index is 0.447. The maximum absolute atomic E-state index is 11.3. The minimum Gasteiger partial charge on any atom is -0.464 e. The van der Waals surface area contributed by atoms with Crippen molar-refractivity contribution < 1.29 is 18.3 Å². The van der Waals surface area contributed by atoms with Gasteiger partial charge in [-0.3, -0.25) is 0 Å². The van der Waals surface area contributed by atoms with Crippen LogP contribution in [0.5, 0.6) is 0 Å². The van der Waals surface area contributed by atoms with Crippen LogP contribution < -0.4 is 0 Å². The van der Waals surface area contributed by atoms with Gasteiger partial charge in [0.05, 0.1) is 12.3 Å². The van der Waals surface area contributed by atoms with E-state index in [1.165, 1.54) is 6.92 Å². The highest BCUT2D eigenvalue weighted by molar-refractivity contribution is 7.88. The first-order valence-corrected chi connectivity index (χ1v) is 6.46. The van der Waals surface area contributed by atoms with Crippen molar-refractivity contribution in [2.24, 2.45) is 0 Å². The number of sulfonamides is 1. The fourth-order valence-electron chi connectivity index (χ4n) is 1.46. The normalized spacial score (nSPS) is 13.1. The van der Waals surface area contributed by atoms with Gasteiger partial charge in [-0.1, -0.05) is 30.3 Å². The Balaban J connectivity index is 3.12. The van der Waals surface area contributed by atoms with Crippen molar-refractivity contribution in [1.29, 1.82) is 0 Å². The van der Waals surface area contributed by atoms with Crippen molar-refractivity contribution in [2.75, 3.05) is 6.26 Å². The molecule has 1 aromatic carbocycles. The zero-order chi connectivity index (χ0) is 12.3. The van der Waals surface area contributed by atoms with Crippen molar-refractivity contribution >= 4 is 16.1 Å². The van der Waals surface area contributed by atoms with Crippen LogP contribution in [0.1, 0.15) is 18.5 Å². The zero-order valence-corrected chi connectivity index (χ0v) is 9.81. The number of carbonyl (C=O) groups is 1. The predicted molar refractivity (Wildman–Crippen MR) is 59.6 cm³/mol. The number of hydrogen-bond acceptors (Lipinski definition) is 3. The first-order valence-electron chi connectivity index (χ1n) is 4.61. The van der Waals surface area contributed by atoms with Crippen LogP contribution >= 0.6 is 0 Å². The van der Waals surface area contributed by atoms with Gasteiger partial charge in [0.15, 0.2) is 0 Å². The van der Waals surface area contributed by atoms with Gasteiger partial charge in [-0.05, 0) is 12.5 Å². The molecule has 1 N–H and O–H groups in total. The van der Waals surface area contributed by atoms with Gasteiger partial charge in [-0.25, -0.2) is 13.2 Å². The highest BCUT2D eigenvalue weighted by Crippen LogP contribution is 2.22. The number of rotatable bonds is 3. The van der Waals surface area contributed by atoms with E-state index in [9.17, 15) is 13.2 Å². The molecule has 1 atom stereocenters. The molecule has 0 aliphatic rings. The molecule has 0 saturated carbocycles. The van der Waals surface area contributed by atoms with Crippen LogP contribution in [0.15, 0.2) is 30.3 Å². The summed E-state index contributed by atoms with van der Waals surface area (Å²) in [6.07, 6.45) is -0.598. The van der Waals surface area contributed by atoms with Gasteiger partial charge in [0.1, 0.15) is 0 Å². The molecule has 0 heterocycles. The summed E-state index contributed by atoms with van der Waals surface area (Å²) in [5.41, 5.74) is 0.635. The number of benzene rings is 1. The Morgan fingerprint density at radius 3 is 2.19 bits per heavy atom. The summed E-state index contributed by atoms with van der Waals surface area (Å²) in [5.74, 6) is 0. The van der Waals surface area contributed by atoms with Gasteiger partial charge < -0.3 is 5.11 Å². The molecular weight excluding hydrogens is 230 g/mol. The standard InChI is InChI=1S/C10H13NO4S/c1-8(9-6-4-3-5-7-9)11(10(12)13)16(2,14)15/h3-8H,1-2H3,(H,12,13)/t8-/m1/s1. The molecule has 0 aliphatic heterocycles. The number of hydrogen-bond donors (Lipinski definition) is 1. The fraction of sp³-hybridized carbons (Fsp3) is 0.300. The van der Waals surface area contributed by atoms with Gasteiger partial charge in [0.25, 0.3) is 0 Å². The molecule has 0 radical (unpaired) electrons. The lowest BCUT2D eigenvalue weighted by molar-refractivity contribution is 0.163. The van der Waals surface area contributed by atoms with Gasteiger partial charge >= 0.3 is 6.09 Å². The van der Waals surface area contributed by atoms with E-state index >= 15 is 0 Å². The maximum atomic E-state index is 11.3. The molecule has 5 nitrogen and oxygen atoms in total. The second-order valence-electron chi connectivity index (χ2n) is 3.43. The summed E-state index contributed by atoms with van der Waals surface area (Å²) in [6, 6.07) is 7.88. The molecule has 0 unspecified atom stereocenters. The molecule has 1 aromatic rings. The molecule has 1 amide bonds. The van der Waals surface area contributed by atoms with E-state index in [4.69, 9.17) is 5.11 Å². The van der Waals surface area contributed by atoms with Crippen LogP contribution in [0.3, 0.4) is 0 Å². The third-order valence-electron chi connectivity index (χ3n) is 2.18. The Hall–Kier alpha value is -1.56. The average Bonchev–Trinajstić information content (AvgIpc) is 2.16. The SMILES string of the molecule is C[C@H](c1ccccc1)N(C(=O)O)S(C)(=O)=O. The van der Waals surface area contributed by atoms with Crippen LogP contribution in [0.25, 0.3) is 0 Å². The van der Waals surface area contributed by atoms with Crippen molar-refractivity contribution in [3.05, 3.63) is 35.9 Å². The predicted octanol–water partition coefficient (Wildman–Crippen LogP) is 1.69. The second-order valence-corrected chi connectivity index (χ2v) is 5.29. The van der Waals surface area contributed by atoms with Crippen LogP contribution in [0.2, 0.25) is 0 Å². The lowest BCUT2D eigenvalue weighted by Crippen LogP contribution is -2.37. The first-order chi connectivity index (χ1) is 7.34. The van der Waals surface area contributed by atoms with Crippen molar-refractivity contribution in [3.8, 4) is 0 Å². The number of amides is 1. The van der Waals surface area contributed by atoms with Crippen LogP contribution in [-0.4, -0.2) is 30.2 Å². The van der Waals surface area contributed by atoms with Crippen molar-refractivity contribution in [2.45, 2.75) is 13.0 Å². The van der Waals surface area contributed by atoms with Crippen molar-refractivity contribution in [1.82, 2.24) is 4.31 Å². The molecule has 0 aliphatic carbocycles. The number of nitrogens with zero attached hydrogens (tertiary/aromatic N) is 1. The summed E-state index contributed by atoms with van der Waals surface area (Å²) in [6.45, 7) is 1.53. The highest BCUT2D eigenvalue weighted by Gasteiger charge is 2.29. The Morgan fingerprint density at radius 1 is 1.31 bits per heavy atom. The largest absolute Gasteiger partial charge is 0.464 e. The Kier molecular flexibility index (Phi) is 3.54. The van der Waals surface area contributed by atoms with Gasteiger partial charge in [0.2, 0.25) is 10.0 Å². The van der Waals surface area contributed by atoms with E-state index in [1.54, 1.807) is 30.3 Å². The summed E-state index contributed by atoms with van der Waals surface area (Å²) >= 11 is 0. The molecule has 88 valence electrons. The van der Waals surface area contributed by atoms with Crippen LogP contribution in [-0.2, 0) is 10.0 Å². The van der Waals surface area contributed by atoms with E-state index < -0.39 is 22.2 Å². The second kappa shape index (κ2) is 4.52. The summed E-state index contributed by atoms with van der Waals surface area (Å²) in [7, 11) is -3.78. The molecular formula is C10H13NO4S. The van der Waals surface area contributed by atoms with Crippen LogP contribution in [0, 0.1) is 0 Å². The molecule has 16 heavy (non-hydrogen) atoms. The third kappa shape index (κ3) is 2.73. The molecule has 6 heteroatoms. The minimum atomic E-state index is -3.78. The molecule has 0 bridgehead atoms. The Morgan fingerprint density at radius 2 is 1.81 bits per heavy atom. The zero-order valence-electron chi connectivity index (χ0n) is 8.99. The molecule has 0 fully saturated rings. The van der Waals surface area contributed by atoms with Gasteiger partial charge in [-0.2, -0.15) is 4.31 Å². The van der Waals surface area contributed by atoms with E-state index in [0.29, 0.717) is 9.87 Å². The number of carboxylic acid groups (broad SMARTS) is 1.